The van der Waals surface area contributed by atoms with E-state index in [0.717, 1.165) is 6.42 Å². The van der Waals surface area contributed by atoms with E-state index in [4.69, 9.17) is 5.73 Å². The Morgan fingerprint density at radius 3 is 2.24 bits per heavy atom. The number of piperidine rings is 1. The molecule has 1 atom stereocenters. The minimum atomic E-state index is -0.725. The van der Waals surface area contributed by atoms with E-state index in [1.165, 1.54) is 0 Å². The Labute approximate surface area is 127 Å². The van der Waals surface area contributed by atoms with Gasteiger partial charge in [-0.3, -0.25) is 9.59 Å². The Morgan fingerprint density at radius 2 is 1.86 bits per heavy atom. The molecule has 0 saturated carbocycles. The van der Waals surface area contributed by atoms with E-state index in [2.05, 4.69) is 13.8 Å². The molecule has 122 valence electrons. The lowest BCUT2D eigenvalue weighted by Crippen LogP contribution is -2.46. The molecule has 1 heterocycles. The molecule has 1 aliphatic rings. The Morgan fingerprint density at radius 1 is 1.29 bits per heavy atom. The van der Waals surface area contributed by atoms with Crippen LogP contribution >= 0.6 is 0 Å². The summed E-state index contributed by atoms with van der Waals surface area (Å²) in [5.41, 5.74) is 5.12. The van der Waals surface area contributed by atoms with Crippen LogP contribution in [0, 0.1) is 17.3 Å². The summed E-state index contributed by atoms with van der Waals surface area (Å²) in [6, 6.07) is 0. The number of carboxylic acid groups (broad SMARTS) is 1. The van der Waals surface area contributed by atoms with Crippen molar-refractivity contribution in [1.82, 2.24) is 4.90 Å². The number of amides is 1. The maximum Gasteiger partial charge on any atom is 0.309 e. The summed E-state index contributed by atoms with van der Waals surface area (Å²) < 4.78 is 0. The second-order valence-corrected chi connectivity index (χ2v) is 6.76. The number of nitrogens with two attached hydrogens (primary N) is 1. The van der Waals surface area contributed by atoms with Crippen molar-refractivity contribution in [2.45, 2.75) is 52.9 Å². The maximum absolute atomic E-state index is 12.3. The van der Waals surface area contributed by atoms with Crippen molar-refractivity contribution >= 4 is 11.9 Å². The molecule has 0 bridgehead atoms. The summed E-state index contributed by atoms with van der Waals surface area (Å²) in [6.45, 7) is 7.83. The molecule has 0 aromatic rings. The van der Waals surface area contributed by atoms with Crippen LogP contribution in [0.2, 0.25) is 0 Å². The highest BCUT2D eigenvalue weighted by Crippen LogP contribution is 2.35. The van der Waals surface area contributed by atoms with Crippen molar-refractivity contribution in [1.29, 1.82) is 0 Å². The van der Waals surface area contributed by atoms with E-state index < -0.39 is 11.4 Å². The Balaban J connectivity index is 2.53. The first-order chi connectivity index (χ1) is 9.84. The molecule has 0 spiro atoms. The zero-order valence-corrected chi connectivity index (χ0v) is 13.6. The van der Waals surface area contributed by atoms with Crippen molar-refractivity contribution in [2.75, 3.05) is 19.6 Å². The van der Waals surface area contributed by atoms with Crippen molar-refractivity contribution in [3.63, 3.8) is 0 Å². The van der Waals surface area contributed by atoms with Crippen LogP contribution in [-0.2, 0) is 9.59 Å². The molecule has 0 unspecified atom stereocenters. The molecule has 1 aliphatic heterocycles. The topological polar surface area (TPSA) is 83.6 Å². The Kier molecular flexibility index (Phi) is 6.65. The number of carbonyl (C=O) groups excluding carboxylic acids is 1. The van der Waals surface area contributed by atoms with Gasteiger partial charge >= 0.3 is 5.97 Å². The largest absolute Gasteiger partial charge is 0.481 e. The van der Waals surface area contributed by atoms with E-state index in [1.54, 1.807) is 0 Å². The maximum atomic E-state index is 12.3. The molecule has 5 nitrogen and oxygen atoms in total. The second kappa shape index (κ2) is 7.78. The number of rotatable bonds is 7. The zero-order valence-electron chi connectivity index (χ0n) is 13.6. The number of carboxylic acids is 1. The van der Waals surface area contributed by atoms with Crippen LogP contribution < -0.4 is 5.73 Å². The van der Waals surface area contributed by atoms with Crippen LogP contribution in [0.4, 0.5) is 0 Å². The van der Waals surface area contributed by atoms with Gasteiger partial charge in [-0.15, -0.1) is 0 Å². The number of carbonyl (C=O) groups is 2. The minimum Gasteiger partial charge on any atom is -0.481 e. The van der Waals surface area contributed by atoms with Gasteiger partial charge in [0.05, 0.1) is 5.41 Å². The van der Waals surface area contributed by atoms with Gasteiger partial charge in [-0.2, -0.15) is 0 Å². The highest BCUT2D eigenvalue weighted by atomic mass is 16.4. The molecule has 1 rings (SSSR count). The second-order valence-electron chi connectivity index (χ2n) is 6.76. The minimum absolute atomic E-state index is 0.126. The molecule has 0 aromatic carbocycles. The van der Waals surface area contributed by atoms with Crippen molar-refractivity contribution in [2.24, 2.45) is 23.0 Å². The van der Waals surface area contributed by atoms with Crippen LogP contribution in [0.5, 0.6) is 0 Å². The van der Waals surface area contributed by atoms with Crippen LogP contribution in [0.15, 0.2) is 0 Å². The van der Waals surface area contributed by atoms with E-state index in [9.17, 15) is 14.7 Å². The molecule has 21 heavy (non-hydrogen) atoms. The van der Waals surface area contributed by atoms with E-state index >= 15 is 0 Å². The Hall–Kier alpha value is -1.10. The number of aliphatic carboxylic acids is 1. The first kappa shape index (κ1) is 18.0. The fourth-order valence-corrected chi connectivity index (χ4v) is 3.21. The van der Waals surface area contributed by atoms with Gasteiger partial charge in [0.2, 0.25) is 5.91 Å². The monoisotopic (exact) mass is 298 g/mol. The first-order valence-corrected chi connectivity index (χ1v) is 8.06. The fraction of sp³-hybridized carbons (Fsp3) is 0.875. The lowest BCUT2D eigenvalue weighted by atomic mass is 9.76. The highest BCUT2D eigenvalue weighted by Gasteiger charge is 2.40. The quantitative estimate of drug-likeness (QED) is 0.754. The molecule has 5 heteroatoms. The van der Waals surface area contributed by atoms with Gasteiger partial charge in [0.25, 0.3) is 0 Å². The van der Waals surface area contributed by atoms with Crippen LogP contribution in [-0.4, -0.2) is 41.5 Å². The molecule has 0 radical (unpaired) electrons. The van der Waals surface area contributed by atoms with Gasteiger partial charge in [-0.25, -0.2) is 0 Å². The summed E-state index contributed by atoms with van der Waals surface area (Å²) in [4.78, 5) is 25.6. The summed E-state index contributed by atoms with van der Waals surface area (Å²) in [5, 5.41) is 9.38. The molecular weight excluding hydrogens is 268 g/mol. The summed E-state index contributed by atoms with van der Waals surface area (Å²) in [6.07, 6.45) is 3.19. The normalized spacial score (nSPS) is 19.6. The first-order valence-electron chi connectivity index (χ1n) is 8.06. The SMILES string of the molecule is CCC1(C(=O)O)CCN(C(=O)C[C@@H](CN)CC(C)C)CC1. The Bertz CT molecular complexity index is 361. The van der Waals surface area contributed by atoms with Gasteiger partial charge in [0.15, 0.2) is 0 Å². The van der Waals surface area contributed by atoms with Gasteiger partial charge in [0.1, 0.15) is 0 Å². The third kappa shape index (κ3) is 4.70. The average Bonchev–Trinajstić information content (AvgIpc) is 2.45. The average molecular weight is 298 g/mol. The van der Waals surface area contributed by atoms with E-state index in [-0.39, 0.29) is 11.8 Å². The third-order valence-corrected chi connectivity index (χ3v) is 4.81. The summed E-state index contributed by atoms with van der Waals surface area (Å²) in [5.74, 6) is 0.167. The lowest BCUT2D eigenvalue weighted by molar-refractivity contribution is -0.154. The lowest BCUT2D eigenvalue weighted by Gasteiger charge is -2.38. The predicted molar refractivity (Wildman–Crippen MR) is 82.8 cm³/mol. The van der Waals surface area contributed by atoms with Crippen LogP contribution in [0.3, 0.4) is 0 Å². The third-order valence-electron chi connectivity index (χ3n) is 4.81. The predicted octanol–water partition coefficient (Wildman–Crippen LogP) is 2.10. The molecule has 3 N–H and O–H groups in total. The molecule has 0 aromatic heterocycles. The van der Waals surface area contributed by atoms with E-state index in [0.29, 0.717) is 51.2 Å². The number of nitrogens with zero attached hydrogens (tertiary/aromatic N) is 1. The van der Waals surface area contributed by atoms with E-state index in [1.807, 2.05) is 11.8 Å². The fourth-order valence-electron chi connectivity index (χ4n) is 3.21. The zero-order chi connectivity index (χ0) is 16.0. The molecule has 1 amide bonds. The van der Waals surface area contributed by atoms with Crippen molar-refractivity contribution < 1.29 is 14.7 Å². The van der Waals surface area contributed by atoms with Crippen LogP contribution in [0.1, 0.15) is 52.9 Å². The van der Waals surface area contributed by atoms with Gasteiger partial charge in [0, 0.05) is 19.5 Å². The van der Waals surface area contributed by atoms with Gasteiger partial charge < -0.3 is 15.7 Å². The smallest absolute Gasteiger partial charge is 0.309 e. The molecule has 1 saturated heterocycles. The summed E-state index contributed by atoms with van der Waals surface area (Å²) >= 11 is 0. The molecule has 1 fully saturated rings. The van der Waals surface area contributed by atoms with Crippen molar-refractivity contribution in [3.05, 3.63) is 0 Å². The van der Waals surface area contributed by atoms with Gasteiger partial charge in [-0.05, 0) is 44.1 Å². The van der Waals surface area contributed by atoms with Crippen LogP contribution in [0.25, 0.3) is 0 Å². The number of hydrogen-bond acceptors (Lipinski definition) is 3. The number of likely N-dealkylation sites (tertiary alicyclic amines) is 1. The number of hydrogen-bond donors (Lipinski definition) is 2. The highest BCUT2D eigenvalue weighted by molar-refractivity contribution is 5.78. The van der Waals surface area contributed by atoms with Crippen molar-refractivity contribution in [3.8, 4) is 0 Å². The standard InChI is InChI=1S/C16H30N2O3/c1-4-16(15(20)21)5-7-18(8-6-16)14(19)10-13(11-17)9-12(2)3/h12-13H,4-11,17H2,1-3H3,(H,20,21)/t13-/m0/s1. The molecular formula is C16H30N2O3. The molecule has 0 aliphatic carbocycles. The summed E-state index contributed by atoms with van der Waals surface area (Å²) in [7, 11) is 0. The van der Waals surface area contributed by atoms with Gasteiger partial charge in [-0.1, -0.05) is 20.8 Å².